The van der Waals surface area contributed by atoms with E-state index in [0.29, 0.717) is 6.54 Å². The van der Waals surface area contributed by atoms with Crippen LogP contribution in [0.2, 0.25) is 0 Å². The van der Waals surface area contributed by atoms with Gasteiger partial charge in [-0.15, -0.1) is 6.42 Å². The van der Waals surface area contributed by atoms with Crippen LogP contribution in [-0.2, 0) is 9.59 Å². The van der Waals surface area contributed by atoms with E-state index in [4.69, 9.17) is 11.5 Å². The Kier molecular flexibility index (Phi) is 5.94. The predicted molar refractivity (Wildman–Crippen MR) is 61.7 cm³/mol. The zero-order valence-electron chi connectivity index (χ0n) is 9.91. The third-order valence-electron chi connectivity index (χ3n) is 2.27. The monoisotopic (exact) mass is 223 g/mol. The molecule has 0 aliphatic heterocycles. The van der Waals surface area contributed by atoms with Crippen molar-refractivity contribution in [3.63, 3.8) is 0 Å². The van der Waals surface area contributed by atoms with Crippen LogP contribution in [0, 0.1) is 12.3 Å². The maximum atomic E-state index is 11.9. The highest BCUT2D eigenvalue weighted by Gasteiger charge is 2.17. The lowest BCUT2D eigenvalue weighted by molar-refractivity contribution is -0.133. The summed E-state index contributed by atoms with van der Waals surface area (Å²) < 4.78 is 0. The summed E-state index contributed by atoms with van der Waals surface area (Å²) in [4.78, 5) is 24.1. The van der Waals surface area contributed by atoms with Gasteiger partial charge in [-0.1, -0.05) is 12.8 Å². The summed E-state index contributed by atoms with van der Waals surface area (Å²) in [6.45, 7) is 5.59. The number of amides is 1. The summed E-state index contributed by atoms with van der Waals surface area (Å²) in [6.07, 6.45) is 5.94. The summed E-state index contributed by atoms with van der Waals surface area (Å²) >= 11 is 0. The van der Waals surface area contributed by atoms with Crippen molar-refractivity contribution in [3.8, 4) is 12.3 Å². The molecule has 88 valence electrons. The van der Waals surface area contributed by atoms with Gasteiger partial charge in [0.05, 0.1) is 6.54 Å². The van der Waals surface area contributed by atoms with Gasteiger partial charge in [0.1, 0.15) is 0 Å². The predicted octanol–water partition coefficient (Wildman–Crippen LogP) is 1.28. The van der Waals surface area contributed by atoms with Gasteiger partial charge in [0.25, 0.3) is 5.91 Å². The number of terminal acetylenes is 1. The molecule has 1 N–H and O–H groups in total. The van der Waals surface area contributed by atoms with Crippen LogP contribution in [0.25, 0.3) is 0 Å². The molecule has 0 aliphatic carbocycles. The number of carboxylic acid groups (broad SMARTS) is 1. The Balaban J connectivity index is 4.95. The van der Waals surface area contributed by atoms with Gasteiger partial charge in [0, 0.05) is 17.7 Å². The Morgan fingerprint density at radius 3 is 2.25 bits per heavy atom. The van der Waals surface area contributed by atoms with E-state index in [1.807, 2.05) is 6.92 Å². The quantitative estimate of drug-likeness (QED) is 0.564. The fraction of sp³-hybridized carbons (Fsp3) is 0.500. The molecular formula is C12H17NO3. The van der Waals surface area contributed by atoms with Crippen molar-refractivity contribution < 1.29 is 14.7 Å². The average molecular weight is 223 g/mol. The van der Waals surface area contributed by atoms with Gasteiger partial charge in [-0.05, 0) is 20.3 Å². The van der Waals surface area contributed by atoms with E-state index < -0.39 is 5.97 Å². The first kappa shape index (κ1) is 14.2. The molecule has 4 nitrogen and oxygen atoms in total. The van der Waals surface area contributed by atoms with Crippen molar-refractivity contribution in [1.29, 1.82) is 0 Å². The van der Waals surface area contributed by atoms with Crippen LogP contribution in [-0.4, -0.2) is 35.0 Å². The van der Waals surface area contributed by atoms with Gasteiger partial charge in [0.2, 0.25) is 0 Å². The third kappa shape index (κ3) is 3.77. The number of nitrogens with zero attached hydrogens (tertiary/aromatic N) is 1. The molecule has 16 heavy (non-hydrogen) atoms. The van der Waals surface area contributed by atoms with Crippen LogP contribution in [0.5, 0.6) is 0 Å². The van der Waals surface area contributed by atoms with E-state index in [9.17, 15) is 9.59 Å². The number of aliphatic carboxylic acids is 1. The molecule has 0 aromatic rings. The molecule has 0 aromatic heterocycles. The molecule has 1 amide bonds. The number of carboxylic acids is 1. The largest absolute Gasteiger partial charge is 0.478 e. The highest BCUT2D eigenvalue weighted by molar-refractivity contribution is 6.01. The van der Waals surface area contributed by atoms with Crippen molar-refractivity contribution in [3.05, 3.63) is 11.1 Å². The average Bonchev–Trinajstić information content (AvgIpc) is 2.25. The smallest absolute Gasteiger partial charge is 0.331 e. The third-order valence-corrected chi connectivity index (χ3v) is 2.27. The van der Waals surface area contributed by atoms with Crippen molar-refractivity contribution in [2.24, 2.45) is 0 Å². The second-order valence-electron chi connectivity index (χ2n) is 3.49. The van der Waals surface area contributed by atoms with E-state index in [2.05, 4.69) is 5.92 Å². The summed E-state index contributed by atoms with van der Waals surface area (Å²) in [5, 5.41) is 8.77. The lowest BCUT2D eigenvalue weighted by Gasteiger charge is -2.20. The van der Waals surface area contributed by atoms with Crippen molar-refractivity contribution >= 4 is 11.9 Å². The van der Waals surface area contributed by atoms with Crippen LogP contribution in [0.15, 0.2) is 11.1 Å². The van der Waals surface area contributed by atoms with Crippen molar-refractivity contribution in [2.75, 3.05) is 13.1 Å². The summed E-state index contributed by atoms with van der Waals surface area (Å²) in [6, 6.07) is 0. The first-order chi connectivity index (χ1) is 7.45. The van der Waals surface area contributed by atoms with Gasteiger partial charge in [-0.3, -0.25) is 4.79 Å². The van der Waals surface area contributed by atoms with E-state index in [-0.39, 0.29) is 23.6 Å². The molecule has 0 unspecified atom stereocenters. The molecule has 0 bridgehead atoms. The number of hydrogen-bond acceptors (Lipinski definition) is 2. The Hall–Kier alpha value is -1.76. The molecule has 0 radical (unpaired) electrons. The summed E-state index contributed by atoms with van der Waals surface area (Å²) in [5.74, 6) is 1.01. The zero-order chi connectivity index (χ0) is 12.7. The molecular weight excluding hydrogens is 206 g/mol. The maximum absolute atomic E-state index is 11.9. The Bertz CT molecular complexity index is 350. The SMILES string of the molecule is C#CCN(CCC)C(=O)C(C)=C(C)C(=O)O. The van der Waals surface area contributed by atoms with Crippen LogP contribution in [0.3, 0.4) is 0 Å². The van der Waals surface area contributed by atoms with Gasteiger partial charge >= 0.3 is 5.97 Å². The first-order valence-corrected chi connectivity index (χ1v) is 5.09. The van der Waals surface area contributed by atoms with Gasteiger partial charge in [-0.2, -0.15) is 0 Å². The fourth-order valence-electron chi connectivity index (χ4n) is 1.19. The second-order valence-corrected chi connectivity index (χ2v) is 3.49. The lowest BCUT2D eigenvalue weighted by atomic mass is 10.1. The topological polar surface area (TPSA) is 57.6 Å². The van der Waals surface area contributed by atoms with Gasteiger partial charge in [0.15, 0.2) is 0 Å². The fourth-order valence-corrected chi connectivity index (χ4v) is 1.19. The van der Waals surface area contributed by atoms with Gasteiger partial charge in [-0.25, -0.2) is 4.79 Å². The Morgan fingerprint density at radius 1 is 1.31 bits per heavy atom. The molecule has 0 spiro atoms. The van der Waals surface area contributed by atoms with E-state index >= 15 is 0 Å². The number of carbonyl (C=O) groups excluding carboxylic acids is 1. The molecule has 0 fully saturated rings. The lowest BCUT2D eigenvalue weighted by Crippen LogP contribution is -2.33. The molecule has 0 heterocycles. The summed E-state index contributed by atoms with van der Waals surface area (Å²) in [7, 11) is 0. The van der Waals surface area contributed by atoms with E-state index in [1.54, 1.807) is 0 Å². The zero-order valence-corrected chi connectivity index (χ0v) is 9.91. The molecule has 0 aliphatic rings. The normalized spacial score (nSPS) is 11.4. The second kappa shape index (κ2) is 6.67. The van der Waals surface area contributed by atoms with Crippen LogP contribution >= 0.6 is 0 Å². The van der Waals surface area contributed by atoms with E-state index in [1.165, 1.54) is 18.7 Å². The minimum atomic E-state index is -1.08. The van der Waals surface area contributed by atoms with Crippen LogP contribution < -0.4 is 0 Å². The van der Waals surface area contributed by atoms with Crippen LogP contribution in [0.1, 0.15) is 27.2 Å². The molecule has 0 rings (SSSR count). The minimum Gasteiger partial charge on any atom is -0.478 e. The molecule has 0 atom stereocenters. The van der Waals surface area contributed by atoms with Crippen molar-refractivity contribution in [2.45, 2.75) is 27.2 Å². The molecule has 0 saturated carbocycles. The standard InChI is InChI=1S/C12H17NO3/c1-5-7-13(8-6-2)11(14)9(3)10(4)12(15)16/h1H,6-8H2,2-4H3,(H,15,16). The minimum absolute atomic E-state index is 0.0584. The Labute approximate surface area is 95.9 Å². The van der Waals surface area contributed by atoms with Gasteiger partial charge < -0.3 is 10.0 Å². The number of hydrogen-bond donors (Lipinski definition) is 1. The van der Waals surface area contributed by atoms with E-state index in [0.717, 1.165) is 6.42 Å². The molecule has 0 aromatic carbocycles. The first-order valence-electron chi connectivity index (χ1n) is 5.09. The van der Waals surface area contributed by atoms with Crippen LogP contribution in [0.4, 0.5) is 0 Å². The van der Waals surface area contributed by atoms with Crippen molar-refractivity contribution in [1.82, 2.24) is 4.90 Å². The molecule has 0 saturated heterocycles. The number of rotatable bonds is 5. The maximum Gasteiger partial charge on any atom is 0.331 e. The number of carbonyl (C=O) groups is 2. The highest BCUT2D eigenvalue weighted by Crippen LogP contribution is 2.08. The highest BCUT2D eigenvalue weighted by atomic mass is 16.4. The Morgan fingerprint density at radius 2 is 1.88 bits per heavy atom. The molecule has 4 heteroatoms. The summed E-state index contributed by atoms with van der Waals surface area (Å²) in [5.41, 5.74) is 0.291.